The van der Waals surface area contributed by atoms with Crippen molar-refractivity contribution in [1.82, 2.24) is 4.90 Å². The molecule has 1 aliphatic heterocycles. The number of amides is 1. The second kappa shape index (κ2) is 5.91. The fourth-order valence-corrected chi connectivity index (χ4v) is 2.37. The molecule has 2 N–H and O–H groups in total. The molecule has 0 spiro atoms. The molecule has 0 aromatic heterocycles. The number of carbonyl (C=O) groups is 1. The highest BCUT2D eigenvalue weighted by molar-refractivity contribution is 5.68. The highest BCUT2D eigenvalue weighted by Gasteiger charge is 2.32. The van der Waals surface area contributed by atoms with Crippen LogP contribution in [0.1, 0.15) is 47.5 Å². The summed E-state index contributed by atoms with van der Waals surface area (Å²) in [5.41, 5.74) is 5.77. The molecule has 1 fully saturated rings. The summed E-state index contributed by atoms with van der Waals surface area (Å²) < 4.78 is 5.38. The lowest BCUT2D eigenvalue weighted by molar-refractivity contribution is 0.0286. The molecular weight excluding hydrogens is 228 g/mol. The van der Waals surface area contributed by atoms with Crippen molar-refractivity contribution in [2.75, 3.05) is 13.1 Å². The third kappa shape index (κ3) is 4.84. The average molecular weight is 256 g/mol. The van der Waals surface area contributed by atoms with Gasteiger partial charge in [0.05, 0.1) is 0 Å². The maximum atomic E-state index is 11.9. The quantitative estimate of drug-likeness (QED) is 0.844. The molecule has 0 bridgehead atoms. The van der Waals surface area contributed by atoms with Gasteiger partial charge in [-0.05, 0) is 45.4 Å². The highest BCUT2D eigenvalue weighted by atomic mass is 16.6. The van der Waals surface area contributed by atoms with Crippen molar-refractivity contribution in [2.45, 2.75) is 59.1 Å². The lowest BCUT2D eigenvalue weighted by Crippen LogP contribution is -2.38. The van der Waals surface area contributed by atoms with E-state index in [1.807, 2.05) is 20.8 Å². The molecule has 1 amide bonds. The summed E-state index contributed by atoms with van der Waals surface area (Å²) >= 11 is 0. The number of likely N-dealkylation sites (tertiary alicyclic amines) is 1. The SMILES string of the molecule is CC(C)CC(N)C1CCN(C(=O)OC(C)(C)C)C1. The topological polar surface area (TPSA) is 55.6 Å². The highest BCUT2D eigenvalue weighted by Crippen LogP contribution is 2.24. The van der Waals surface area contributed by atoms with Gasteiger partial charge in [-0.1, -0.05) is 13.8 Å². The van der Waals surface area contributed by atoms with Gasteiger partial charge in [-0.15, -0.1) is 0 Å². The van der Waals surface area contributed by atoms with Crippen molar-refractivity contribution >= 4 is 6.09 Å². The molecule has 4 heteroatoms. The molecule has 18 heavy (non-hydrogen) atoms. The zero-order valence-electron chi connectivity index (χ0n) is 12.4. The number of nitrogens with two attached hydrogens (primary N) is 1. The number of hydrogen-bond acceptors (Lipinski definition) is 3. The van der Waals surface area contributed by atoms with Crippen LogP contribution in [0.25, 0.3) is 0 Å². The van der Waals surface area contributed by atoms with Crippen LogP contribution in [0, 0.1) is 11.8 Å². The molecule has 1 saturated heterocycles. The van der Waals surface area contributed by atoms with E-state index >= 15 is 0 Å². The summed E-state index contributed by atoms with van der Waals surface area (Å²) in [4.78, 5) is 13.7. The van der Waals surface area contributed by atoms with Crippen LogP contribution in [-0.2, 0) is 4.74 Å². The van der Waals surface area contributed by atoms with E-state index in [4.69, 9.17) is 10.5 Å². The van der Waals surface area contributed by atoms with Gasteiger partial charge in [-0.2, -0.15) is 0 Å². The van der Waals surface area contributed by atoms with Crippen molar-refractivity contribution in [3.8, 4) is 0 Å². The van der Waals surface area contributed by atoms with Crippen LogP contribution in [0.2, 0.25) is 0 Å². The van der Waals surface area contributed by atoms with E-state index in [-0.39, 0.29) is 12.1 Å². The van der Waals surface area contributed by atoms with Gasteiger partial charge in [0.2, 0.25) is 0 Å². The molecule has 0 aromatic rings. The van der Waals surface area contributed by atoms with Crippen molar-refractivity contribution in [1.29, 1.82) is 0 Å². The van der Waals surface area contributed by atoms with Gasteiger partial charge < -0.3 is 15.4 Å². The number of hydrogen-bond donors (Lipinski definition) is 1. The first-order valence-electron chi connectivity index (χ1n) is 6.92. The minimum absolute atomic E-state index is 0.192. The Bertz CT molecular complexity index is 284. The molecule has 1 aliphatic rings. The first-order chi connectivity index (χ1) is 8.19. The maximum absolute atomic E-state index is 11.9. The van der Waals surface area contributed by atoms with E-state index in [1.165, 1.54) is 0 Å². The molecule has 0 aliphatic carbocycles. The second-order valence-electron chi connectivity index (χ2n) is 6.77. The molecular formula is C14H28N2O2. The van der Waals surface area contributed by atoms with Crippen molar-refractivity contribution in [2.24, 2.45) is 17.6 Å². The van der Waals surface area contributed by atoms with Gasteiger partial charge in [0, 0.05) is 19.1 Å². The van der Waals surface area contributed by atoms with Gasteiger partial charge in [-0.25, -0.2) is 4.79 Å². The van der Waals surface area contributed by atoms with Gasteiger partial charge in [-0.3, -0.25) is 0 Å². The smallest absolute Gasteiger partial charge is 0.410 e. The lowest BCUT2D eigenvalue weighted by Gasteiger charge is -2.25. The summed E-state index contributed by atoms with van der Waals surface area (Å²) in [5.74, 6) is 1.02. The summed E-state index contributed by atoms with van der Waals surface area (Å²) in [6.45, 7) is 11.5. The fraction of sp³-hybridized carbons (Fsp3) is 0.929. The van der Waals surface area contributed by atoms with Crippen molar-refractivity contribution < 1.29 is 9.53 Å². The number of carbonyl (C=O) groups excluding carboxylic acids is 1. The van der Waals surface area contributed by atoms with Gasteiger partial charge in [0.15, 0.2) is 0 Å². The summed E-state index contributed by atoms with van der Waals surface area (Å²) in [6, 6.07) is 0.192. The molecule has 1 heterocycles. The predicted octanol–water partition coefficient (Wildman–Crippen LogP) is 2.62. The van der Waals surface area contributed by atoms with E-state index < -0.39 is 5.60 Å². The Morgan fingerprint density at radius 1 is 1.44 bits per heavy atom. The number of rotatable bonds is 3. The largest absolute Gasteiger partial charge is 0.444 e. The molecule has 0 radical (unpaired) electrons. The Labute approximate surface area is 111 Å². The molecule has 106 valence electrons. The summed E-state index contributed by atoms with van der Waals surface area (Å²) in [6.07, 6.45) is 1.81. The van der Waals surface area contributed by atoms with Crippen LogP contribution in [0.15, 0.2) is 0 Å². The van der Waals surface area contributed by atoms with Crippen LogP contribution in [0.4, 0.5) is 4.79 Å². The lowest BCUT2D eigenvalue weighted by atomic mass is 9.92. The summed E-state index contributed by atoms with van der Waals surface area (Å²) in [7, 11) is 0. The minimum Gasteiger partial charge on any atom is -0.444 e. The van der Waals surface area contributed by atoms with Crippen LogP contribution >= 0.6 is 0 Å². The molecule has 0 aromatic carbocycles. The third-order valence-corrected chi connectivity index (χ3v) is 3.23. The van der Waals surface area contributed by atoms with Crippen LogP contribution in [0.3, 0.4) is 0 Å². The van der Waals surface area contributed by atoms with Crippen molar-refractivity contribution in [3.63, 3.8) is 0 Å². The Kier molecular flexibility index (Phi) is 5.02. The molecule has 1 rings (SSSR count). The minimum atomic E-state index is -0.421. The molecule has 2 atom stereocenters. The molecule has 0 saturated carbocycles. The standard InChI is InChI=1S/C14H28N2O2/c1-10(2)8-12(15)11-6-7-16(9-11)13(17)18-14(3,4)5/h10-12H,6-9,15H2,1-5H3. The Morgan fingerprint density at radius 2 is 2.06 bits per heavy atom. The van der Waals surface area contributed by atoms with Crippen LogP contribution < -0.4 is 5.73 Å². The maximum Gasteiger partial charge on any atom is 0.410 e. The van der Waals surface area contributed by atoms with E-state index in [0.29, 0.717) is 11.8 Å². The normalized spacial score (nSPS) is 22.4. The first kappa shape index (κ1) is 15.3. The number of ether oxygens (including phenoxy) is 1. The third-order valence-electron chi connectivity index (χ3n) is 3.23. The Hall–Kier alpha value is -0.770. The zero-order valence-corrected chi connectivity index (χ0v) is 12.4. The van der Waals surface area contributed by atoms with E-state index in [2.05, 4.69) is 13.8 Å². The Morgan fingerprint density at radius 3 is 2.56 bits per heavy atom. The van der Waals surface area contributed by atoms with Gasteiger partial charge in [0.25, 0.3) is 0 Å². The molecule has 4 nitrogen and oxygen atoms in total. The van der Waals surface area contributed by atoms with E-state index in [0.717, 1.165) is 25.9 Å². The monoisotopic (exact) mass is 256 g/mol. The van der Waals surface area contributed by atoms with Crippen molar-refractivity contribution in [3.05, 3.63) is 0 Å². The Balaban J connectivity index is 2.43. The second-order valence-corrected chi connectivity index (χ2v) is 6.77. The first-order valence-corrected chi connectivity index (χ1v) is 6.92. The predicted molar refractivity (Wildman–Crippen MR) is 73.3 cm³/mol. The van der Waals surface area contributed by atoms with Gasteiger partial charge >= 0.3 is 6.09 Å². The number of nitrogens with zero attached hydrogens (tertiary/aromatic N) is 1. The van der Waals surface area contributed by atoms with E-state index in [1.54, 1.807) is 4.90 Å². The fourth-order valence-electron chi connectivity index (χ4n) is 2.37. The van der Waals surface area contributed by atoms with E-state index in [9.17, 15) is 4.79 Å². The van der Waals surface area contributed by atoms with Crippen LogP contribution in [0.5, 0.6) is 0 Å². The molecule has 2 unspecified atom stereocenters. The van der Waals surface area contributed by atoms with Crippen LogP contribution in [-0.4, -0.2) is 35.7 Å². The summed E-state index contributed by atoms with van der Waals surface area (Å²) in [5, 5.41) is 0. The van der Waals surface area contributed by atoms with Gasteiger partial charge in [0.1, 0.15) is 5.60 Å². The average Bonchev–Trinajstić information content (AvgIpc) is 2.61. The zero-order chi connectivity index (χ0) is 13.9.